The van der Waals surface area contributed by atoms with Gasteiger partial charge in [0.1, 0.15) is 5.82 Å². The van der Waals surface area contributed by atoms with Gasteiger partial charge in [0, 0.05) is 31.9 Å². The van der Waals surface area contributed by atoms with E-state index in [1.807, 2.05) is 0 Å². The molecule has 20 heavy (non-hydrogen) atoms. The molecule has 1 aromatic heterocycles. The minimum Gasteiger partial charge on any atom is -0.481 e. The maximum atomic E-state index is 11.4. The van der Waals surface area contributed by atoms with E-state index in [9.17, 15) is 9.59 Å². The minimum absolute atomic E-state index is 0.215. The summed E-state index contributed by atoms with van der Waals surface area (Å²) in [7, 11) is 0. The normalized spacial score (nSPS) is 11.8. The number of aryl methyl sites for hydroxylation is 1. The number of nitrogens with zero attached hydrogens (tertiary/aromatic N) is 1. The highest BCUT2D eigenvalue weighted by Crippen LogP contribution is 2.03. The van der Waals surface area contributed by atoms with E-state index in [-0.39, 0.29) is 11.9 Å². The van der Waals surface area contributed by atoms with E-state index in [1.165, 1.54) is 0 Å². The first kappa shape index (κ1) is 16.0. The Morgan fingerprint density at radius 2 is 2.05 bits per heavy atom. The van der Waals surface area contributed by atoms with Crippen LogP contribution >= 0.6 is 0 Å². The van der Waals surface area contributed by atoms with E-state index < -0.39 is 5.97 Å². The predicted molar refractivity (Wildman–Crippen MR) is 74.3 cm³/mol. The highest BCUT2D eigenvalue weighted by Gasteiger charge is 2.09. The number of urea groups is 1. The SMILES string of the molecule is CC(CCCNC(=O)NCCCc1ncc[nH]1)C(=O)O. The third kappa shape index (κ3) is 6.77. The van der Waals surface area contributed by atoms with Crippen molar-refractivity contribution in [2.45, 2.75) is 32.6 Å². The van der Waals surface area contributed by atoms with Gasteiger partial charge in [-0.15, -0.1) is 0 Å². The van der Waals surface area contributed by atoms with Gasteiger partial charge in [-0.1, -0.05) is 6.92 Å². The Balaban J connectivity index is 1.96. The number of carbonyl (C=O) groups is 2. The lowest BCUT2D eigenvalue weighted by molar-refractivity contribution is -0.141. The van der Waals surface area contributed by atoms with E-state index in [4.69, 9.17) is 5.11 Å². The molecule has 2 amide bonds. The summed E-state index contributed by atoms with van der Waals surface area (Å²) in [6, 6.07) is -0.215. The number of aliphatic carboxylic acids is 1. The fraction of sp³-hybridized carbons (Fsp3) is 0.615. The van der Waals surface area contributed by atoms with Crippen LogP contribution in [0.4, 0.5) is 4.79 Å². The van der Waals surface area contributed by atoms with Crippen LogP contribution in [0.2, 0.25) is 0 Å². The van der Waals surface area contributed by atoms with Crippen molar-refractivity contribution in [2.24, 2.45) is 5.92 Å². The lowest BCUT2D eigenvalue weighted by Crippen LogP contribution is -2.36. The van der Waals surface area contributed by atoms with Crippen LogP contribution in [0.3, 0.4) is 0 Å². The average molecular weight is 282 g/mol. The number of carboxylic acids is 1. The molecule has 0 fully saturated rings. The van der Waals surface area contributed by atoms with Gasteiger partial charge in [0.15, 0.2) is 0 Å². The molecule has 112 valence electrons. The lowest BCUT2D eigenvalue weighted by atomic mass is 10.1. The largest absolute Gasteiger partial charge is 0.481 e. The van der Waals surface area contributed by atoms with Crippen LogP contribution in [0.5, 0.6) is 0 Å². The lowest BCUT2D eigenvalue weighted by Gasteiger charge is -2.08. The Morgan fingerprint density at radius 1 is 1.35 bits per heavy atom. The monoisotopic (exact) mass is 282 g/mol. The number of hydrogen-bond acceptors (Lipinski definition) is 3. The molecule has 1 atom stereocenters. The Hall–Kier alpha value is -2.05. The van der Waals surface area contributed by atoms with Gasteiger partial charge in [-0.05, 0) is 19.3 Å². The molecule has 0 aliphatic carbocycles. The van der Waals surface area contributed by atoms with Gasteiger partial charge >= 0.3 is 12.0 Å². The number of aromatic nitrogens is 2. The number of H-pyrrole nitrogens is 1. The van der Waals surface area contributed by atoms with Crippen molar-refractivity contribution < 1.29 is 14.7 Å². The molecule has 0 aromatic carbocycles. The van der Waals surface area contributed by atoms with Crippen molar-refractivity contribution in [1.82, 2.24) is 20.6 Å². The van der Waals surface area contributed by atoms with Crippen LogP contribution in [0.1, 0.15) is 32.0 Å². The van der Waals surface area contributed by atoms with Gasteiger partial charge in [-0.3, -0.25) is 4.79 Å². The van der Waals surface area contributed by atoms with Crippen molar-refractivity contribution in [1.29, 1.82) is 0 Å². The molecular formula is C13H22N4O3. The number of carboxylic acid groups (broad SMARTS) is 1. The zero-order valence-corrected chi connectivity index (χ0v) is 11.7. The van der Waals surface area contributed by atoms with Crippen molar-refractivity contribution in [3.63, 3.8) is 0 Å². The van der Waals surface area contributed by atoms with Gasteiger partial charge in [-0.2, -0.15) is 0 Å². The second kappa shape index (κ2) is 8.95. The van der Waals surface area contributed by atoms with Crippen LogP contribution in [-0.2, 0) is 11.2 Å². The Bertz CT molecular complexity index is 406. The predicted octanol–water partition coefficient (Wildman–Crippen LogP) is 1.14. The van der Waals surface area contributed by atoms with Gasteiger partial charge in [0.05, 0.1) is 5.92 Å². The first-order valence-corrected chi connectivity index (χ1v) is 6.82. The molecule has 0 bridgehead atoms. The Kier molecular flexibility index (Phi) is 7.16. The van der Waals surface area contributed by atoms with E-state index in [0.29, 0.717) is 25.9 Å². The van der Waals surface area contributed by atoms with Crippen molar-refractivity contribution >= 4 is 12.0 Å². The molecule has 4 N–H and O–H groups in total. The first-order chi connectivity index (χ1) is 9.59. The highest BCUT2D eigenvalue weighted by atomic mass is 16.4. The minimum atomic E-state index is -0.799. The molecule has 7 heteroatoms. The fourth-order valence-electron chi connectivity index (χ4n) is 1.69. The Labute approximate surface area is 118 Å². The van der Waals surface area contributed by atoms with Crippen molar-refractivity contribution in [2.75, 3.05) is 13.1 Å². The summed E-state index contributed by atoms with van der Waals surface area (Å²) in [6.45, 7) is 2.73. The fourth-order valence-corrected chi connectivity index (χ4v) is 1.69. The molecular weight excluding hydrogens is 260 g/mol. The number of amides is 2. The summed E-state index contributed by atoms with van der Waals surface area (Å²) in [6.07, 6.45) is 6.31. The quantitative estimate of drug-likeness (QED) is 0.509. The first-order valence-electron chi connectivity index (χ1n) is 6.82. The summed E-state index contributed by atoms with van der Waals surface area (Å²) in [5, 5.41) is 14.2. The molecule has 7 nitrogen and oxygen atoms in total. The number of carbonyl (C=O) groups excluding carboxylic acids is 1. The maximum absolute atomic E-state index is 11.4. The molecule has 0 saturated heterocycles. The number of aromatic amines is 1. The number of rotatable bonds is 9. The van der Waals surface area contributed by atoms with E-state index in [2.05, 4.69) is 20.6 Å². The van der Waals surface area contributed by atoms with E-state index in [0.717, 1.165) is 18.7 Å². The summed E-state index contributed by atoms with van der Waals surface area (Å²) in [5.74, 6) is -0.254. The summed E-state index contributed by atoms with van der Waals surface area (Å²) in [4.78, 5) is 29.1. The van der Waals surface area contributed by atoms with Gasteiger partial charge in [0.2, 0.25) is 0 Å². The molecule has 0 aliphatic rings. The second-order valence-corrected chi connectivity index (χ2v) is 4.70. The third-order valence-corrected chi connectivity index (χ3v) is 2.95. The number of hydrogen-bond donors (Lipinski definition) is 4. The zero-order valence-electron chi connectivity index (χ0n) is 11.7. The van der Waals surface area contributed by atoms with Crippen molar-refractivity contribution in [3.05, 3.63) is 18.2 Å². The standard InChI is InChI=1S/C13H22N4O3/c1-10(12(18)19)4-2-6-16-13(20)17-7-3-5-11-14-8-9-15-11/h8-10H,2-7H2,1H3,(H,14,15)(H,18,19)(H2,16,17,20). The third-order valence-electron chi connectivity index (χ3n) is 2.95. The molecule has 0 radical (unpaired) electrons. The Morgan fingerprint density at radius 3 is 2.65 bits per heavy atom. The number of nitrogens with one attached hydrogen (secondary N) is 3. The summed E-state index contributed by atoms with van der Waals surface area (Å²) in [5.41, 5.74) is 0. The average Bonchev–Trinajstić information content (AvgIpc) is 2.92. The van der Waals surface area contributed by atoms with Crippen LogP contribution < -0.4 is 10.6 Å². The van der Waals surface area contributed by atoms with Gasteiger partial charge in [-0.25, -0.2) is 9.78 Å². The highest BCUT2D eigenvalue weighted by molar-refractivity contribution is 5.73. The maximum Gasteiger partial charge on any atom is 0.314 e. The van der Waals surface area contributed by atoms with E-state index in [1.54, 1.807) is 19.3 Å². The summed E-state index contributed by atoms with van der Waals surface area (Å²) < 4.78 is 0. The molecule has 0 saturated carbocycles. The van der Waals surface area contributed by atoms with Crippen LogP contribution in [0.15, 0.2) is 12.4 Å². The van der Waals surface area contributed by atoms with Crippen LogP contribution in [0.25, 0.3) is 0 Å². The van der Waals surface area contributed by atoms with Gasteiger partial charge < -0.3 is 20.7 Å². The number of imidazole rings is 1. The molecule has 0 aliphatic heterocycles. The second-order valence-electron chi connectivity index (χ2n) is 4.70. The smallest absolute Gasteiger partial charge is 0.314 e. The molecule has 1 unspecified atom stereocenters. The van der Waals surface area contributed by atoms with Gasteiger partial charge in [0.25, 0.3) is 0 Å². The molecule has 1 heterocycles. The molecule has 0 spiro atoms. The topological polar surface area (TPSA) is 107 Å². The zero-order chi connectivity index (χ0) is 14.8. The summed E-state index contributed by atoms with van der Waals surface area (Å²) >= 11 is 0. The van der Waals surface area contributed by atoms with Crippen LogP contribution in [0, 0.1) is 5.92 Å². The van der Waals surface area contributed by atoms with Crippen LogP contribution in [-0.4, -0.2) is 40.2 Å². The van der Waals surface area contributed by atoms with Crippen molar-refractivity contribution in [3.8, 4) is 0 Å². The molecule has 1 rings (SSSR count). The molecule has 1 aromatic rings. The van der Waals surface area contributed by atoms with E-state index >= 15 is 0 Å².